The maximum Gasteiger partial charge on any atom is 0.130 e. The summed E-state index contributed by atoms with van der Waals surface area (Å²) in [6, 6.07) is 9.19. The molecule has 5 heteroatoms. The Bertz CT molecular complexity index is 499. The fourth-order valence-electron chi connectivity index (χ4n) is 1.21. The number of hydrogen-bond acceptors (Lipinski definition) is 3. The number of nitrogens with two attached hydrogens (primary N) is 1. The summed E-state index contributed by atoms with van der Waals surface area (Å²) in [5.74, 6) is 0.707. The Balaban J connectivity index is 2.23. The molecule has 0 saturated carbocycles. The Morgan fingerprint density at radius 1 is 1.25 bits per heavy atom. The molecule has 16 heavy (non-hydrogen) atoms. The van der Waals surface area contributed by atoms with E-state index in [1.165, 1.54) is 0 Å². The lowest BCUT2D eigenvalue weighted by Gasteiger charge is -2.07. The van der Waals surface area contributed by atoms with Crippen molar-refractivity contribution in [2.45, 2.75) is 0 Å². The van der Waals surface area contributed by atoms with Crippen molar-refractivity contribution in [3.8, 4) is 0 Å². The molecule has 1 aromatic carbocycles. The molecule has 1 aromatic heterocycles. The zero-order valence-corrected chi connectivity index (χ0v) is 10.6. The smallest absolute Gasteiger partial charge is 0.130 e. The first-order chi connectivity index (χ1) is 7.65. The summed E-state index contributed by atoms with van der Waals surface area (Å²) in [7, 11) is 0. The first kappa shape index (κ1) is 11.2. The lowest BCUT2D eigenvalue weighted by atomic mass is 10.3. The van der Waals surface area contributed by atoms with E-state index in [1.54, 1.807) is 18.3 Å². The maximum atomic E-state index is 6.07. The average molecular weight is 299 g/mol. The van der Waals surface area contributed by atoms with Gasteiger partial charge in [0.1, 0.15) is 5.82 Å². The van der Waals surface area contributed by atoms with Crippen LogP contribution in [0.3, 0.4) is 0 Å². The second kappa shape index (κ2) is 4.72. The zero-order valence-electron chi connectivity index (χ0n) is 8.24. The van der Waals surface area contributed by atoms with Gasteiger partial charge in [0.15, 0.2) is 0 Å². The van der Waals surface area contributed by atoms with Crippen LogP contribution in [0.5, 0.6) is 0 Å². The third kappa shape index (κ3) is 2.65. The summed E-state index contributed by atoms with van der Waals surface area (Å²) >= 11 is 9.41. The number of hydrogen-bond donors (Lipinski definition) is 2. The van der Waals surface area contributed by atoms with Crippen molar-refractivity contribution in [1.29, 1.82) is 0 Å². The molecule has 0 aliphatic heterocycles. The first-order valence-corrected chi connectivity index (χ1v) is 5.76. The van der Waals surface area contributed by atoms with Gasteiger partial charge >= 0.3 is 0 Å². The van der Waals surface area contributed by atoms with E-state index in [0.717, 1.165) is 10.2 Å². The molecule has 82 valence electrons. The largest absolute Gasteiger partial charge is 0.397 e. The van der Waals surface area contributed by atoms with E-state index in [0.29, 0.717) is 16.5 Å². The number of aromatic nitrogens is 1. The highest BCUT2D eigenvalue weighted by molar-refractivity contribution is 9.10. The molecule has 0 unspecified atom stereocenters. The number of rotatable bonds is 2. The summed E-state index contributed by atoms with van der Waals surface area (Å²) in [6.45, 7) is 0. The van der Waals surface area contributed by atoms with Gasteiger partial charge in [-0.15, -0.1) is 0 Å². The van der Waals surface area contributed by atoms with Gasteiger partial charge in [-0.3, -0.25) is 0 Å². The van der Waals surface area contributed by atoms with Crippen LogP contribution in [-0.4, -0.2) is 4.98 Å². The van der Waals surface area contributed by atoms with Gasteiger partial charge in [0.2, 0.25) is 0 Å². The lowest BCUT2D eigenvalue weighted by Crippen LogP contribution is -1.95. The van der Waals surface area contributed by atoms with Crippen LogP contribution < -0.4 is 11.1 Å². The fourth-order valence-corrected chi connectivity index (χ4v) is 1.93. The van der Waals surface area contributed by atoms with Crippen molar-refractivity contribution in [3.63, 3.8) is 0 Å². The molecule has 0 radical (unpaired) electrons. The molecular weight excluding hydrogens is 289 g/mol. The summed E-state index contributed by atoms with van der Waals surface area (Å²) in [5, 5.41) is 3.74. The Morgan fingerprint density at radius 3 is 2.69 bits per heavy atom. The molecular formula is C11H9BrClN3. The number of nitrogens with zero attached hydrogens (tertiary/aromatic N) is 1. The Hall–Kier alpha value is -1.26. The summed E-state index contributed by atoms with van der Waals surface area (Å²) in [6.07, 6.45) is 1.59. The van der Waals surface area contributed by atoms with Crippen LogP contribution >= 0.6 is 27.5 Å². The minimum atomic E-state index is 0.632. The first-order valence-electron chi connectivity index (χ1n) is 4.59. The van der Waals surface area contributed by atoms with Gasteiger partial charge < -0.3 is 11.1 Å². The van der Waals surface area contributed by atoms with Crippen LogP contribution in [-0.2, 0) is 0 Å². The van der Waals surface area contributed by atoms with Gasteiger partial charge in [-0.1, -0.05) is 27.5 Å². The summed E-state index contributed by atoms with van der Waals surface area (Å²) in [4.78, 5) is 4.13. The van der Waals surface area contributed by atoms with Crippen LogP contribution in [0.25, 0.3) is 0 Å². The van der Waals surface area contributed by atoms with Crippen molar-refractivity contribution in [2.75, 3.05) is 11.1 Å². The average Bonchev–Trinajstić information content (AvgIpc) is 2.25. The molecule has 2 aromatic rings. The van der Waals surface area contributed by atoms with Gasteiger partial charge in [-0.2, -0.15) is 0 Å². The molecule has 3 nitrogen and oxygen atoms in total. The minimum absolute atomic E-state index is 0.632. The Morgan fingerprint density at radius 2 is 2.06 bits per heavy atom. The monoisotopic (exact) mass is 297 g/mol. The Labute approximate surface area is 107 Å². The van der Waals surface area contributed by atoms with E-state index in [9.17, 15) is 0 Å². The van der Waals surface area contributed by atoms with Crippen molar-refractivity contribution >= 4 is 44.7 Å². The standard InChI is InChI=1S/C11H9BrClN3/c12-7-1-3-10(9(13)5-7)16-11-4-2-8(14)6-15-11/h1-6H,14H2,(H,15,16). The molecule has 0 atom stereocenters. The third-order valence-electron chi connectivity index (χ3n) is 1.98. The molecule has 0 fully saturated rings. The van der Waals surface area contributed by atoms with Crippen LogP contribution in [0.1, 0.15) is 0 Å². The normalized spacial score (nSPS) is 10.1. The number of halogens is 2. The van der Waals surface area contributed by atoms with Gasteiger partial charge in [-0.05, 0) is 30.3 Å². The number of nitrogen functional groups attached to an aromatic ring is 1. The van der Waals surface area contributed by atoms with Crippen molar-refractivity contribution in [2.24, 2.45) is 0 Å². The van der Waals surface area contributed by atoms with Crippen LogP contribution in [0.2, 0.25) is 5.02 Å². The lowest BCUT2D eigenvalue weighted by molar-refractivity contribution is 1.31. The molecule has 0 aliphatic carbocycles. The predicted octanol–water partition coefficient (Wildman–Crippen LogP) is 3.82. The highest BCUT2D eigenvalue weighted by Crippen LogP contribution is 2.27. The predicted molar refractivity (Wildman–Crippen MR) is 71.1 cm³/mol. The van der Waals surface area contributed by atoms with E-state index in [2.05, 4.69) is 26.2 Å². The fraction of sp³-hybridized carbons (Fsp3) is 0. The summed E-state index contributed by atoms with van der Waals surface area (Å²) < 4.78 is 0.938. The highest BCUT2D eigenvalue weighted by Gasteiger charge is 2.01. The van der Waals surface area contributed by atoms with Gasteiger partial charge in [0, 0.05) is 4.47 Å². The quantitative estimate of drug-likeness (QED) is 0.886. The number of nitrogens with one attached hydrogen (secondary N) is 1. The molecule has 3 N–H and O–H groups in total. The summed E-state index contributed by atoms with van der Waals surface area (Å²) in [5.41, 5.74) is 6.99. The molecule has 0 spiro atoms. The Kier molecular flexibility index (Phi) is 3.31. The van der Waals surface area contributed by atoms with Crippen LogP contribution in [0.4, 0.5) is 17.2 Å². The molecule has 1 heterocycles. The number of anilines is 3. The van der Waals surface area contributed by atoms with E-state index < -0.39 is 0 Å². The van der Waals surface area contributed by atoms with E-state index >= 15 is 0 Å². The van der Waals surface area contributed by atoms with Crippen molar-refractivity contribution < 1.29 is 0 Å². The second-order valence-corrected chi connectivity index (χ2v) is 4.55. The second-order valence-electron chi connectivity index (χ2n) is 3.23. The number of pyridine rings is 1. The van der Waals surface area contributed by atoms with Crippen LogP contribution in [0, 0.1) is 0 Å². The van der Waals surface area contributed by atoms with Gasteiger partial charge in [0.25, 0.3) is 0 Å². The van der Waals surface area contributed by atoms with Crippen LogP contribution in [0.15, 0.2) is 41.0 Å². The number of benzene rings is 1. The van der Waals surface area contributed by atoms with Crippen molar-refractivity contribution in [1.82, 2.24) is 4.98 Å². The van der Waals surface area contributed by atoms with E-state index in [1.807, 2.05) is 18.2 Å². The maximum absolute atomic E-state index is 6.07. The van der Waals surface area contributed by atoms with Crippen molar-refractivity contribution in [3.05, 3.63) is 46.0 Å². The molecule has 0 bridgehead atoms. The molecule has 2 rings (SSSR count). The van der Waals surface area contributed by atoms with E-state index in [4.69, 9.17) is 17.3 Å². The zero-order chi connectivity index (χ0) is 11.5. The molecule has 0 aliphatic rings. The topological polar surface area (TPSA) is 50.9 Å². The van der Waals surface area contributed by atoms with Gasteiger partial charge in [-0.25, -0.2) is 4.98 Å². The van der Waals surface area contributed by atoms with Gasteiger partial charge in [0.05, 0.1) is 22.6 Å². The third-order valence-corrected chi connectivity index (χ3v) is 2.79. The highest BCUT2D eigenvalue weighted by atomic mass is 79.9. The molecule has 0 saturated heterocycles. The van der Waals surface area contributed by atoms with E-state index in [-0.39, 0.29) is 0 Å². The minimum Gasteiger partial charge on any atom is -0.397 e. The SMILES string of the molecule is Nc1ccc(Nc2ccc(Br)cc2Cl)nc1. The molecule has 0 amide bonds.